The Morgan fingerprint density at radius 3 is 2.60 bits per heavy atom. The number of halogens is 1. The van der Waals surface area contributed by atoms with E-state index in [1.807, 2.05) is 6.92 Å². The lowest BCUT2D eigenvalue weighted by molar-refractivity contribution is -0.142. The average molecular weight is 299 g/mol. The van der Waals surface area contributed by atoms with Gasteiger partial charge in [-0.05, 0) is 25.1 Å². The molecule has 110 valence electrons. The van der Waals surface area contributed by atoms with E-state index in [2.05, 4.69) is 10.1 Å². The van der Waals surface area contributed by atoms with Gasteiger partial charge < -0.3 is 10.1 Å². The Balaban J connectivity index is 2.57. The number of nitrogens with zero attached hydrogens (tertiary/aromatic N) is 1. The second-order valence-electron chi connectivity index (χ2n) is 4.31. The van der Waals surface area contributed by atoms with Gasteiger partial charge in [0.15, 0.2) is 0 Å². The van der Waals surface area contributed by atoms with Gasteiger partial charge in [-0.2, -0.15) is 0 Å². The summed E-state index contributed by atoms with van der Waals surface area (Å²) in [5.41, 5.74) is 0.564. The number of rotatable bonds is 7. The summed E-state index contributed by atoms with van der Waals surface area (Å²) < 4.78 is 4.61. The molecule has 0 aliphatic heterocycles. The first-order chi connectivity index (χ1) is 9.56. The van der Waals surface area contributed by atoms with Crippen molar-refractivity contribution in [2.75, 3.05) is 32.1 Å². The number of carbonyl (C=O) groups excluding carboxylic acids is 2. The van der Waals surface area contributed by atoms with E-state index in [1.165, 1.54) is 7.11 Å². The van der Waals surface area contributed by atoms with Crippen molar-refractivity contribution in [3.05, 3.63) is 29.3 Å². The second kappa shape index (κ2) is 8.55. The molecular formula is C14H19ClN2O3. The number of ether oxygens (including phenoxy) is 1. The third-order valence-corrected chi connectivity index (χ3v) is 2.96. The van der Waals surface area contributed by atoms with Gasteiger partial charge in [0.1, 0.15) is 0 Å². The first kappa shape index (κ1) is 16.5. The summed E-state index contributed by atoms with van der Waals surface area (Å²) in [7, 11) is 1.33. The normalized spacial score (nSPS) is 10.4. The van der Waals surface area contributed by atoms with E-state index in [4.69, 9.17) is 11.6 Å². The Hall–Kier alpha value is -1.59. The van der Waals surface area contributed by atoms with E-state index in [9.17, 15) is 9.59 Å². The number of hydrogen-bond acceptors (Lipinski definition) is 4. The van der Waals surface area contributed by atoms with Crippen molar-refractivity contribution in [2.45, 2.75) is 13.3 Å². The molecule has 1 amide bonds. The van der Waals surface area contributed by atoms with Crippen molar-refractivity contribution in [3.63, 3.8) is 0 Å². The third kappa shape index (κ3) is 5.59. The summed E-state index contributed by atoms with van der Waals surface area (Å²) in [6.07, 6.45) is 0.844. The van der Waals surface area contributed by atoms with Crippen molar-refractivity contribution >= 4 is 29.2 Å². The van der Waals surface area contributed by atoms with E-state index in [-0.39, 0.29) is 25.0 Å². The molecule has 0 aliphatic carbocycles. The highest BCUT2D eigenvalue weighted by Crippen LogP contribution is 2.20. The molecule has 0 saturated heterocycles. The fourth-order valence-corrected chi connectivity index (χ4v) is 1.92. The molecule has 0 fully saturated rings. The molecule has 20 heavy (non-hydrogen) atoms. The lowest BCUT2D eigenvalue weighted by atomic mass is 10.3. The largest absolute Gasteiger partial charge is 0.468 e. The topological polar surface area (TPSA) is 58.6 Å². The summed E-state index contributed by atoms with van der Waals surface area (Å²) in [6, 6.07) is 7.01. The van der Waals surface area contributed by atoms with Crippen LogP contribution in [0.2, 0.25) is 5.02 Å². The van der Waals surface area contributed by atoms with E-state index >= 15 is 0 Å². The Kier molecular flexibility index (Phi) is 7.04. The maximum absolute atomic E-state index is 12.0. The Labute approximate surface area is 123 Å². The highest BCUT2D eigenvalue weighted by atomic mass is 35.5. The van der Waals surface area contributed by atoms with Crippen molar-refractivity contribution in [2.24, 2.45) is 0 Å². The van der Waals surface area contributed by atoms with Gasteiger partial charge >= 0.3 is 5.97 Å². The summed E-state index contributed by atoms with van der Waals surface area (Å²) in [5, 5.41) is 3.21. The van der Waals surface area contributed by atoms with Crippen LogP contribution in [0.1, 0.15) is 13.3 Å². The molecule has 1 aromatic carbocycles. The van der Waals surface area contributed by atoms with Crippen LogP contribution in [0.4, 0.5) is 5.69 Å². The van der Waals surface area contributed by atoms with Gasteiger partial charge in [0.25, 0.3) is 0 Å². The minimum Gasteiger partial charge on any atom is -0.468 e. The van der Waals surface area contributed by atoms with Crippen molar-refractivity contribution < 1.29 is 14.3 Å². The molecule has 1 rings (SSSR count). The van der Waals surface area contributed by atoms with Crippen LogP contribution in [-0.2, 0) is 14.3 Å². The summed E-state index contributed by atoms with van der Waals surface area (Å²) in [6.45, 7) is 2.84. The van der Waals surface area contributed by atoms with Crippen LogP contribution >= 0.6 is 11.6 Å². The molecule has 1 aromatic rings. The highest BCUT2D eigenvalue weighted by Gasteiger charge is 2.14. The number of hydrogen-bond donors (Lipinski definition) is 1. The van der Waals surface area contributed by atoms with Gasteiger partial charge in [-0.15, -0.1) is 0 Å². The maximum Gasteiger partial charge on any atom is 0.319 e. The van der Waals surface area contributed by atoms with Gasteiger partial charge in [-0.25, -0.2) is 0 Å². The molecule has 0 unspecified atom stereocenters. The minimum atomic E-state index is -0.357. The second-order valence-corrected chi connectivity index (χ2v) is 4.72. The van der Waals surface area contributed by atoms with Gasteiger partial charge in [0.2, 0.25) is 5.91 Å². The molecule has 0 radical (unpaired) electrons. The Morgan fingerprint density at radius 2 is 2.00 bits per heavy atom. The number of para-hydroxylation sites is 1. The standard InChI is InChI=1S/C14H19ClN2O3/c1-3-8-17(10-14(19)20-2)9-13(18)16-12-7-5-4-6-11(12)15/h4-7H,3,8-10H2,1-2H3,(H,16,18). The number of anilines is 1. The lowest BCUT2D eigenvalue weighted by Crippen LogP contribution is -2.37. The number of nitrogens with one attached hydrogen (secondary N) is 1. The van der Waals surface area contributed by atoms with Gasteiger partial charge in [-0.1, -0.05) is 30.7 Å². The third-order valence-electron chi connectivity index (χ3n) is 2.64. The van der Waals surface area contributed by atoms with Crippen LogP contribution < -0.4 is 5.32 Å². The monoisotopic (exact) mass is 298 g/mol. The quantitative estimate of drug-likeness (QED) is 0.784. The van der Waals surface area contributed by atoms with E-state index < -0.39 is 0 Å². The SMILES string of the molecule is CCCN(CC(=O)Nc1ccccc1Cl)CC(=O)OC. The zero-order valence-corrected chi connectivity index (χ0v) is 12.4. The maximum atomic E-state index is 12.0. The van der Waals surface area contributed by atoms with Crippen molar-refractivity contribution in [3.8, 4) is 0 Å². The van der Waals surface area contributed by atoms with Crippen LogP contribution in [-0.4, -0.2) is 43.5 Å². The number of carbonyl (C=O) groups is 2. The summed E-state index contributed by atoms with van der Waals surface area (Å²) >= 11 is 5.97. The fraction of sp³-hybridized carbons (Fsp3) is 0.429. The molecule has 5 nitrogen and oxygen atoms in total. The van der Waals surface area contributed by atoms with Gasteiger partial charge in [0.05, 0.1) is 30.9 Å². The fourth-order valence-electron chi connectivity index (χ4n) is 1.73. The first-order valence-corrected chi connectivity index (χ1v) is 6.78. The first-order valence-electron chi connectivity index (χ1n) is 6.40. The predicted molar refractivity (Wildman–Crippen MR) is 78.8 cm³/mol. The lowest BCUT2D eigenvalue weighted by Gasteiger charge is -2.19. The molecule has 6 heteroatoms. The van der Waals surface area contributed by atoms with Crippen molar-refractivity contribution in [1.82, 2.24) is 4.90 Å². The number of esters is 1. The highest BCUT2D eigenvalue weighted by molar-refractivity contribution is 6.33. The van der Waals surface area contributed by atoms with Crippen LogP contribution in [0.25, 0.3) is 0 Å². The minimum absolute atomic E-state index is 0.0975. The molecule has 0 aromatic heterocycles. The Morgan fingerprint density at radius 1 is 1.30 bits per heavy atom. The number of benzene rings is 1. The zero-order valence-electron chi connectivity index (χ0n) is 11.7. The van der Waals surface area contributed by atoms with Crippen LogP contribution in [0, 0.1) is 0 Å². The van der Waals surface area contributed by atoms with E-state index in [0.717, 1.165) is 6.42 Å². The molecule has 0 bridgehead atoms. The molecule has 0 spiro atoms. The van der Waals surface area contributed by atoms with Crippen molar-refractivity contribution in [1.29, 1.82) is 0 Å². The molecule has 0 atom stereocenters. The molecule has 0 aliphatic rings. The Bertz CT molecular complexity index is 465. The molecule has 1 N–H and O–H groups in total. The van der Waals surface area contributed by atoms with E-state index in [0.29, 0.717) is 17.3 Å². The van der Waals surface area contributed by atoms with Crippen LogP contribution in [0.3, 0.4) is 0 Å². The predicted octanol–water partition coefficient (Wildman–Crippen LogP) is 2.16. The van der Waals surface area contributed by atoms with Gasteiger partial charge in [0, 0.05) is 0 Å². The summed E-state index contributed by atoms with van der Waals surface area (Å²) in [4.78, 5) is 25.0. The molecule has 0 saturated carbocycles. The van der Waals surface area contributed by atoms with Gasteiger partial charge in [-0.3, -0.25) is 14.5 Å². The number of methoxy groups -OCH3 is 1. The summed E-state index contributed by atoms with van der Waals surface area (Å²) in [5.74, 6) is -0.570. The number of amides is 1. The zero-order chi connectivity index (χ0) is 15.0. The van der Waals surface area contributed by atoms with Crippen LogP contribution in [0.15, 0.2) is 24.3 Å². The molecule has 0 heterocycles. The van der Waals surface area contributed by atoms with E-state index in [1.54, 1.807) is 29.2 Å². The van der Waals surface area contributed by atoms with Crippen LogP contribution in [0.5, 0.6) is 0 Å². The molecular weight excluding hydrogens is 280 g/mol. The smallest absolute Gasteiger partial charge is 0.319 e. The average Bonchev–Trinajstić information content (AvgIpc) is 2.41.